The van der Waals surface area contributed by atoms with Gasteiger partial charge >= 0.3 is 5.97 Å². The summed E-state index contributed by atoms with van der Waals surface area (Å²) in [6.45, 7) is 1.95. The minimum atomic E-state index is -0.706. The molecule has 1 N–H and O–H groups in total. The third-order valence-electron chi connectivity index (χ3n) is 6.94. The lowest BCUT2D eigenvalue weighted by Crippen LogP contribution is -2.41. The second kappa shape index (κ2) is 11.2. The number of ether oxygens (including phenoxy) is 1. The predicted molar refractivity (Wildman–Crippen MR) is 143 cm³/mol. The first kappa shape index (κ1) is 23.8. The molecule has 4 heteroatoms. The van der Waals surface area contributed by atoms with Crippen LogP contribution in [0.2, 0.25) is 0 Å². The second-order valence-electron chi connectivity index (χ2n) is 9.41. The van der Waals surface area contributed by atoms with E-state index in [9.17, 15) is 9.90 Å². The molecule has 4 aromatic carbocycles. The maximum absolute atomic E-state index is 11.8. The molecular formula is C32H31NO3. The van der Waals surface area contributed by atoms with E-state index >= 15 is 0 Å². The van der Waals surface area contributed by atoms with Crippen molar-refractivity contribution in [3.63, 3.8) is 0 Å². The van der Waals surface area contributed by atoms with Crippen molar-refractivity contribution in [1.29, 1.82) is 0 Å². The molecule has 1 heterocycles. The van der Waals surface area contributed by atoms with Gasteiger partial charge in [-0.15, -0.1) is 0 Å². The number of rotatable bonds is 8. The van der Waals surface area contributed by atoms with Crippen LogP contribution in [0.1, 0.15) is 35.6 Å². The number of hydrogen-bond donors (Lipinski definition) is 1. The number of carbonyl (C=O) groups is 1. The molecule has 182 valence electrons. The predicted octanol–water partition coefficient (Wildman–Crippen LogP) is 6.82. The summed E-state index contributed by atoms with van der Waals surface area (Å²) >= 11 is 0. The Balaban J connectivity index is 1.40. The molecule has 1 saturated heterocycles. The summed E-state index contributed by atoms with van der Waals surface area (Å²) < 4.78 is 6.00. The van der Waals surface area contributed by atoms with Crippen LogP contribution in [0.4, 0.5) is 0 Å². The SMILES string of the molecule is O=C(O)C1CCCN(C(c2ccc(OCc3ccccc3)cc2)c2ccc(-c3ccccc3)cc2)C1. The van der Waals surface area contributed by atoms with Crippen molar-refractivity contribution in [3.8, 4) is 16.9 Å². The summed E-state index contributed by atoms with van der Waals surface area (Å²) in [7, 11) is 0. The number of likely N-dealkylation sites (tertiary alicyclic amines) is 1. The van der Waals surface area contributed by atoms with Gasteiger partial charge in [0.25, 0.3) is 0 Å². The van der Waals surface area contributed by atoms with Crippen molar-refractivity contribution in [1.82, 2.24) is 4.90 Å². The lowest BCUT2D eigenvalue weighted by molar-refractivity contribution is -0.143. The first-order valence-electron chi connectivity index (χ1n) is 12.6. The lowest BCUT2D eigenvalue weighted by Gasteiger charge is -2.37. The minimum absolute atomic E-state index is 0.0138. The number of piperidine rings is 1. The largest absolute Gasteiger partial charge is 0.489 e. The normalized spacial score (nSPS) is 16.8. The Morgan fingerprint density at radius 3 is 2.03 bits per heavy atom. The fourth-order valence-corrected chi connectivity index (χ4v) is 5.03. The van der Waals surface area contributed by atoms with E-state index in [2.05, 4.69) is 65.6 Å². The first-order valence-corrected chi connectivity index (χ1v) is 12.6. The molecule has 0 spiro atoms. The highest BCUT2D eigenvalue weighted by molar-refractivity contribution is 5.70. The van der Waals surface area contributed by atoms with Crippen molar-refractivity contribution < 1.29 is 14.6 Å². The van der Waals surface area contributed by atoms with Crippen molar-refractivity contribution in [3.05, 3.63) is 126 Å². The maximum Gasteiger partial charge on any atom is 0.307 e. The van der Waals surface area contributed by atoms with Gasteiger partial charge in [0.1, 0.15) is 12.4 Å². The fraction of sp³-hybridized carbons (Fsp3) is 0.219. The van der Waals surface area contributed by atoms with E-state index in [4.69, 9.17) is 4.74 Å². The van der Waals surface area contributed by atoms with Crippen molar-refractivity contribution in [2.24, 2.45) is 5.92 Å². The smallest absolute Gasteiger partial charge is 0.307 e. The van der Waals surface area contributed by atoms with Crippen molar-refractivity contribution >= 4 is 5.97 Å². The molecule has 2 unspecified atom stereocenters. The van der Waals surface area contributed by atoms with Crippen LogP contribution < -0.4 is 4.74 Å². The van der Waals surface area contributed by atoms with E-state index in [1.807, 2.05) is 48.5 Å². The summed E-state index contributed by atoms with van der Waals surface area (Å²) in [5.74, 6) is -0.219. The molecule has 0 saturated carbocycles. The van der Waals surface area contributed by atoms with Gasteiger partial charge in [-0.05, 0) is 59.3 Å². The minimum Gasteiger partial charge on any atom is -0.489 e. The Bertz CT molecular complexity index is 1250. The summed E-state index contributed by atoms with van der Waals surface area (Å²) in [5, 5.41) is 9.69. The van der Waals surface area contributed by atoms with E-state index < -0.39 is 5.97 Å². The molecule has 5 rings (SSSR count). The molecule has 2 atom stereocenters. The van der Waals surface area contributed by atoms with Gasteiger partial charge in [0.05, 0.1) is 12.0 Å². The van der Waals surface area contributed by atoms with E-state index in [1.165, 1.54) is 16.7 Å². The highest BCUT2D eigenvalue weighted by Gasteiger charge is 2.31. The van der Waals surface area contributed by atoms with Gasteiger partial charge in [0, 0.05) is 6.54 Å². The van der Waals surface area contributed by atoms with Crippen LogP contribution in [0, 0.1) is 5.92 Å². The molecule has 4 nitrogen and oxygen atoms in total. The topological polar surface area (TPSA) is 49.8 Å². The average Bonchev–Trinajstić information content (AvgIpc) is 2.94. The average molecular weight is 478 g/mol. The third kappa shape index (κ3) is 5.67. The molecule has 1 fully saturated rings. The van der Waals surface area contributed by atoms with Gasteiger partial charge in [-0.1, -0.05) is 97.1 Å². The molecule has 4 aromatic rings. The van der Waals surface area contributed by atoms with Crippen LogP contribution in [0.3, 0.4) is 0 Å². The van der Waals surface area contributed by atoms with E-state index in [-0.39, 0.29) is 12.0 Å². The Labute approximate surface area is 212 Å². The lowest BCUT2D eigenvalue weighted by atomic mass is 9.90. The quantitative estimate of drug-likeness (QED) is 0.303. The summed E-state index contributed by atoms with van der Waals surface area (Å²) in [6.07, 6.45) is 1.62. The number of aliphatic carboxylic acids is 1. The number of hydrogen-bond acceptors (Lipinski definition) is 3. The Morgan fingerprint density at radius 2 is 1.39 bits per heavy atom. The molecule has 1 aliphatic rings. The van der Waals surface area contributed by atoms with Crippen molar-refractivity contribution in [2.45, 2.75) is 25.5 Å². The van der Waals surface area contributed by atoms with Crippen LogP contribution in [0.5, 0.6) is 5.75 Å². The highest BCUT2D eigenvalue weighted by Crippen LogP contribution is 2.34. The van der Waals surface area contributed by atoms with E-state index in [1.54, 1.807) is 0 Å². The molecule has 0 bridgehead atoms. The number of carboxylic acids is 1. The Hall–Kier alpha value is -3.89. The van der Waals surface area contributed by atoms with E-state index in [0.29, 0.717) is 13.2 Å². The Morgan fingerprint density at radius 1 is 0.806 bits per heavy atom. The number of benzene rings is 4. The third-order valence-corrected chi connectivity index (χ3v) is 6.94. The second-order valence-corrected chi connectivity index (χ2v) is 9.41. The molecule has 1 aliphatic heterocycles. The number of nitrogens with zero attached hydrogens (tertiary/aromatic N) is 1. The monoisotopic (exact) mass is 477 g/mol. The van der Waals surface area contributed by atoms with Gasteiger partial charge in [0.15, 0.2) is 0 Å². The zero-order valence-electron chi connectivity index (χ0n) is 20.3. The zero-order valence-corrected chi connectivity index (χ0v) is 20.3. The Kier molecular flexibility index (Phi) is 7.44. The molecule has 0 aliphatic carbocycles. The van der Waals surface area contributed by atoms with Gasteiger partial charge in [-0.2, -0.15) is 0 Å². The van der Waals surface area contributed by atoms with Crippen LogP contribution in [-0.4, -0.2) is 29.1 Å². The maximum atomic E-state index is 11.8. The summed E-state index contributed by atoms with van der Waals surface area (Å²) in [4.78, 5) is 14.1. The molecular weight excluding hydrogens is 446 g/mol. The molecule has 36 heavy (non-hydrogen) atoms. The summed E-state index contributed by atoms with van der Waals surface area (Å²) in [5.41, 5.74) is 5.79. The van der Waals surface area contributed by atoms with Gasteiger partial charge in [-0.3, -0.25) is 9.69 Å². The zero-order chi connectivity index (χ0) is 24.7. The van der Waals surface area contributed by atoms with Crippen molar-refractivity contribution in [2.75, 3.05) is 13.1 Å². The first-order chi connectivity index (χ1) is 17.7. The van der Waals surface area contributed by atoms with Crippen LogP contribution in [0.25, 0.3) is 11.1 Å². The highest BCUT2D eigenvalue weighted by atomic mass is 16.5. The van der Waals surface area contributed by atoms with Crippen LogP contribution >= 0.6 is 0 Å². The molecule has 0 amide bonds. The fourth-order valence-electron chi connectivity index (χ4n) is 5.03. The van der Waals surface area contributed by atoms with Gasteiger partial charge in [0.2, 0.25) is 0 Å². The standard InChI is InChI=1S/C32H31NO3/c34-32(35)29-12-7-21-33(22-29)31(27-15-13-26(14-16-27)25-10-5-2-6-11-25)28-17-19-30(20-18-28)36-23-24-8-3-1-4-9-24/h1-6,8-11,13-20,29,31H,7,12,21-23H2,(H,34,35). The molecule has 0 aromatic heterocycles. The molecule has 0 radical (unpaired) electrons. The van der Waals surface area contributed by atoms with Gasteiger partial charge in [-0.25, -0.2) is 0 Å². The summed E-state index contributed by atoms with van der Waals surface area (Å²) in [6, 6.07) is 37.4. The van der Waals surface area contributed by atoms with Crippen LogP contribution in [0.15, 0.2) is 109 Å². The van der Waals surface area contributed by atoms with Gasteiger partial charge < -0.3 is 9.84 Å². The number of carboxylic acid groups (broad SMARTS) is 1. The van der Waals surface area contributed by atoms with E-state index in [0.717, 1.165) is 36.3 Å². The van der Waals surface area contributed by atoms with Crippen LogP contribution in [-0.2, 0) is 11.4 Å².